The fourth-order valence-electron chi connectivity index (χ4n) is 5.66. The van der Waals surface area contributed by atoms with Crippen LogP contribution in [0.5, 0.6) is 0 Å². The molecule has 0 unspecified atom stereocenters. The van der Waals surface area contributed by atoms with Gasteiger partial charge in [-0.05, 0) is 103 Å². The van der Waals surface area contributed by atoms with Gasteiger partial charge in [-0.3, -0.25) is 4.79 Å². The number of fused-ring (bicyclic) bond motifs is 2. The van der Waals surface area contributed by atoms with Gasteiger partial charge in [0.25, 0.3) is 5.91 Å². The number of hydrogen-bond acceptors (Lipinski definition) is 5. The molecule has 0 bridgehead atoms. The first-order valence-corrected chi connectivity index (χ1v) is 14.2. The number of aryl methyl sites for hydroxylation is 1. The van der Waals surface area contributed by atoms with Crippen molar-refractivity contribution in [1.82, 2.24) is 14.3 Å². The standard InChI is InChI=1S/C34H32N6O2/c1-38-17-14-23-2-3-24(21-33(23)38)34(42)37-27-6-11-30(12-7-27)40-32-13-8-28(20-25(32)22-35-40)36-26-4-9-29(10-5-26)39-18-15-31(41)16-19-39/h2-14,17,20-22,31,36,41H,15-16,18-19H2,1H3,(H,37,42). The summed E-state index contributed by atoms with van der Waals surface area (Å²) >= 11 is 0. The molecule has 1 aliphatic heterocycles. The molecule has 7 rings (SSSR count). The van der Waals surface area contributed by atoms with Crippen LogP contribution in [0.1, 0.15) is 23.2 Å². The summed E-state index contributed by atoms with van der Waals surface area (Å²) in [6.07, 6.45) is 5.32. The number of piperidine rings is 1. The van der Waals surface area contributed by atoms with Crippen LogP contribution in [-0.2, 0) is 7.05 Å². The number of aliphatic hydroxyl groups is 1. The SMILES string of the molecule is Cn1ccc2ccc(C(=O)Nc3ccc(-n4ncc5cc(Nc6ccc(N7CCC(O)CC7)cc6)ccc54)cc3)cc21. The number of carbonyl (C=O) groups is 1. The molecule has 0 radical (unpaired) electrons. The third kappa shape index (κ3) is 5.08. The highest BCUT2D eigenvalue weighted by atomic mass is 16.3. The molecule has 1 aliphatic rings. The lowest BCUT2D eigenvalue weighted by Crippen LogP contribution is -2.35. The van der Waals surface area contributed by atoms with Crippen LogP contribution in [0.15, 0.2) is 103 Å². The minimum Gasteiger partial charge on any atom is -0.393 e. The average Bonchev–Trinajstić information content (AvgIpc) is 3.61. The third-order valence-electron chi connectivity index (χ3n) is 8.07. The Bertz CT molecular complexity index is 1880. The van der Waals surface area contributed by atoms with Gasteiger partial charge in [0, 0.05) is 65.5 Å². The molecule has 0 atom stereocenters. The van der Waals surface area contributed by atoms with Crippen molar-refractivity contribution in [2.75, 3.05) is 28.6 Å². The van der Waals surface area contributed by atoms with Crippen molar-refractivity contribution in [3.63, 3.8) is 0 Å². The summed E-state index contributed by atoms with van der Waals surface area (Å²) in [5.74, 6) is -0.142. The van der Waals surface area contributed by atoms with E-state index in [4.69, 9.17) is 0 Å². The Morgan fingerprint density at radius 2 is 1.50 bits per heavy atom. The number of benzene rings is 4. The second-order valence-corrected chi connectivity index (χ2v) is 10.9. The van der Waals surface area contributed by atoms with Gasteiger partial charge in [0.1, 0.15) is 0 Å². The lowest BCUT2D eigenvalue weighted by atomic mass is 10.1. The quantitative estimate of drug-likeness (QED) is 0.219. The van der Waals surface area contributed by atoms with Crippen molar-refractivity contribution in [1.29, 1.82) is 0 Å². The topological polar surface area (TPSA) is 87.4 Å². The van der Waals surface area contributed by atoms with Crippen molar-refractivity contribution in [2.24, 2.45) is 7.05 Å². The van der Waals surface area contributed by atoms with E-state index >= 15 is 0 Å². The van der Waals surface area contributed by atoms with Crippen molar-refractivity contribution in [2.45, 2.75) is 18.9 Å². The Morgan fingerprint density at radius 1 is 0.786 bits per heavy atom. The molecule has 1 saturated heterocycles. The molecule has 0 aliphatic carbocycles. The average molecular weight is 557 g/mol. The van der Waals surface area contributed by atoms with E-state index in [1.807, 2.05) is 77.2 Å². The molecule has 6 aromatic rings. The number of carbonyl (C=O) groups excluding carboxylic acids is 1. The van der Waals surface area contributed by atoms with Crippen molar-refractivity contribution in [3.05, 3.63) is 109 Å². The second-order valence-electron chi connectivity index (χ2n) is 10.9. The van der Waals surface area contributed by atoms with Crippen LogP contribution in [0.25, 0.3) is 27.5 Å². The molecule has 1 amide bonds. The molecular weight excluding hydrogens is 524 g/mol. The van der Waals surface area contributed by atoms with Crippen LogP contribution in [0.3, 0.4) is 0 Å². The number of rotatable bonds is 6. The molecule has 1 fully saturated rings. The predicted molar refractivity (Wildman–Crippen MR) is 169 cm³/mol. The summed E-state index contributed by atoms with van der Waals surface area (Å²) in [4.78, 5) is 15.2. The highest BCUT2D eigenvalue weighted by Crippen LogP contribution is 2.27. The molecule has 3 heterocycles. The van der Waals surface area contributed by atoms with E-state index in [0.717, 1.165) is 70.5 Å². The van der Waals surface area contributed by atoms with Crippen LogP contribution in [-0.4, -0.2) is 44.6 Å². The Morgan fingerprint density at radius 3 is 2.29 bits per heavy atom. The van der Waals surface area contributed by atoms with Gasteiger partial charge in [-0.2, -0.15) is 5.10 Å². The van der Waals surface area contributed by atoms with Gasteiger partial charge in [-0.1, -0.05) is 6.07 Å². The van der Waals surface area contributed by atoms with Crippen LogP contribution in [0.2, 0.25) is 0 Å². The number of hydrogen-bond donors (Lipinski definition) is 3. The number of amides is 1. The fourth-order valence-corrected chi connectivity index (χ4v) is 5.66. The Kier molecular flexibility index (Phi) is 6.60. The molecule has 2 aromatic heterocycles. The van der Waals surface area contributed by atoms with Crippen LogP contribution in [0, 0.1) is 0 Å². The number of nitrogens with zero attached hydrogens (tertiary/aromatic N) is 4. The molecule has 8 nitrogen and oxygen atoms in total. The first-order valence-electron chi connectivity index (χ1n) is 14.2. The zero-order valence-corrected chi connectivity index (χ0v) is 23.4. The summed E-state index contributed by atoms with van der Waals surface area (Å²) in [5, 5.41) is 23.0. The normalized spacial score (nSPS) is 14.0. The van der Waals surface area contributed by atoms with E-state index < -0.39 is 0 Å². The maximum absolute atomic E-state index is 12.9. The van der Waals surface area contributed by atoms with Crippen LogP contribution >= 0.6 is 0 Å². The largest absolute Gasteiger partial charge is 0.393 e. The minimum atomic E-state index is -0.171. The number of aromatic nitrogens is 3. The monoisotopic (exact) mass is 556 g/mol. The van der Waals surface area contributed by atoms with Gasteiger partial charge in [0.05, 0.1) is 23.5 Å². The van der Waals surface area contributed by atoms with E-state index in [1.165, 1.54) is 5.69 Å². The van der Waals surface area contributed by atoms with Crippen LogP contribution < -0.4 is 15.5 Å². The molecule has 42 heavy (non-hydrogen) atoms. The number of aliphatic hydroxyl groups excluding tert-OH is 1. The zero-order chi connectivity index (χ0) is 28.6. The third-order valence-corrected chi connectivity index (χ3v) is 8.07. The lowest BCUT2D eigenvalue weighted by molar-refractivity contribution is 0.102. The Balaban J connectivity index is 1.03. The molecule has 210 valence electrons. The molecule has 0 spiro atoms. The van der Waals surface area contributed by atoms with E-state index in [0.29, 0.717) is 5.56 Å². The molecule has 0 saturated carbocycles. The van der Waals surface area contributed by atoms with E-state index in [2.05, 4.69) is 63.1 Å². The molecule has 4 aromatic carbocycles. The minimum absolute atomic E-state index is 0.142. The van der Waals surface area contributed by atoms with Crippen LogP contribution in [0.4, 0.5) is 22.7 Å². The Hall–Kier alpha value is -5.08. The number of anilines is 4. The van der Waals surface area contributed by atoms with Crippen molar-refractivity contribution < 1.29 is 9.90 Å². The summed E-state index contributed by atoms with van der Waals surface area (Å²) in [7, 11) is 1.97. The fraction of sp³-hybridized carbons (Fsp3) is 0.176. The zero-order valence-electron chi connectivity index (χ0n) is 23.4. The maximum atomic E-state index is 12.9. The van der Waals surface area contributed by atoms with Gasteiger partial charge in [-0.25, -0.2) is 4.68 Å². The highest BCUT2D eigenvalue weighted by molar-refractivity contribution is 6.06. The van der Waals surface area contributed by atoms with Gasteiger partial charge < -0.3 is 25.2 Å². The van der Waals surface area contributed by atoms with Gasteiger partial charge in [-0.15, -0.1) is 0 Å². The van der Waals surface area contributed by atoms with E-state index in [1.54, 1.807) is 0 Å². The Labute approximate surface area is 243 Å². The predicted octanol–water partition coefficient (Wildman–Crippen LogP) is 6.47. The van der Waals surface area contributed by atoms with Crippen molar-refractivity contribution >= 4 is 50.5 Å². The molecular formula is C34H32N6O2. The highest BCUT2D eigenvalue weighted by Gasteiger charge is 2.17. The smallest absolute Gasteiger partial charge is 0.255 e. The first-order chi connectivity index (χ1) is 20.5. The summed E-state index contributed by atoms with van der Waals surface area (Å²) in [6.45, 7) is 1.77. The molecule has 3 N–H and O–H groups in total. The summed E-state index contributed by atoms with van der Waals surface area (Å²) < 4.78 is 3.91. The van der Waals surface area contributed by atoms with Gasteiger partial charge >= 0.3 is 0 Å². The summed E-state index contributed by atoms with van der Waals surface area (Å²) in [5.41, 5.74) is 7.47. The van der Waals surface area contributed by atoms with Gasteiger partial charge in [0.2, 0.25) is 0 Å². The van der Waals surface area contributed by atoms with Gasteiger partial charge in [0.15, 0.2) is 0 Å². The number of nitrogens with one attached hydrogen (secondary N) is 2. The van der Waals surface area contributed by atoms with E-state index in [9.17, 15) is 9.90 Å². The summed E-state index contributed by atoms with van der Waals surface area (Å²) in [6, 6.07) is 30.1. The second kappa shape index (κ2) is 10.7. The van der Waals surface area contributed by atoms with E-state index in [-0.39, 0.29) is 12.0 Å². The molecule has 8 heteroatoms. The van der Waals surface area contributed by atoms with Crippen molar-refractivity contribution in [3.8, 4) is 5.69 Å². The maximum Gasteiger partial charge on any atom is 0.255 e. The lowest BCUT2D eigenvalue weighted by Gasteiger charge is -2.31. The first kappa shape index (κ1) is 25.9.